The number of anilines is 2. The van der Waals surface area contributed by atoms with Crippen LogP contribution in [0.3, 0.4) is 0 Å². The van der Waals surface area contributed by atoms with Gasteiger partial charge in [-0.05, 0) is 86.7 Å². The first-order valence-electron chi connectivity index (χ1n) is 23.6. The van der Waals surface area contributed by atoms with Gasteiger partial charge in [-0.1, -0.05) is 24.6 Å². The standard InChI is InChI=1S/C50H60FN11O8/c1-33(57-47(64)35-10-7-11-36(27-35)55-31-44(52)59(2)46(53)41-15-16-54-32-56-41)34-9-8-12-37(28-34)70-23-6-4-3-5-22-68-25-26-69-24-21-60-17-19-61(20-18-60)43-30-39-38(29-40(43)51)49(66)62(50(39)67)42-13-14-45(63)58-48(42)65/h7-12,15-16,27-30,32-33,42,52-53,55H,3-6,13-14,17-26,31H2,1-2H3,(H,57,64)(H,58,63,65)/t33-,42?/m1/s1. The van der Waals surface area contributed by atoms with E-state index < -0.39 is 35.5 Å². The third kappa shape index (κ3) is 13.1. The van der Waals surface area contributed by atoms with Gasteiger partial charge in [0, 0.05) is 70.2 Å². The second kappa shape index (κ2) is 24.4. The summed E-state index contributed by atoms with van der Waals surface area (Å²) in [6, 6.07) is 17.5. The van der Waals surface area contributed by atoms with E-state index in [1.54, 1.807) is 37.5 Å². The number of rotatable bonds is 23. The van der Waals surface area contributed by atoms with E-state index in [9.17, 15) is 24.0 Å². The number of imide groups is 2. The van der Waals surface area contributed by atoms with Crippen molar-refractivity contribution in [1.82, 2.24) is 35.3 Å². The van der Waals surface area contributed by atoms with Crippen molar-refractivity contribution in [2.75, 3.05) is 89.6 Å². The Morgan fingerprint density at radius 1 is 0.886 bits per heavy atom. The molecule has 0 spiro atoms. The third-order valence-electron chi connectivity index (χ3n) is 12.5. The molecule has 0 radical (unpaired) electrons. The highest BCUT2D eigenvalue weighted by molar-refractivity contribution is 6.23. The van der Waals surface area contributed by atoms with Crippen molar-refractivity contribution in [3.05, 3.63) is 113 Å². The van der Waals surface area contributed by atoms with Gasteiger partial charge in [0.05, 0.1) is 55.8 Å². The average molecular weight is 962 g/mol. The fourth-order valence-corrected chi connectivity index (χ4v) is 8.35. The zero-order valence-electron chi connectivity index (χ0n) is 39.5. The number of hydrogen-bond acceptors (Lipinski definition) is 15. The van der Waals surface area contributed by atoms with Crippen LogP contribution in [0.15, 0.2) is 79.3 Å². The fourth-order valence-electron chi connectivity index (χ4n) is 8.35. The zero-order valence-corrected chi connectivity index (χ0v) is 39.5. The topological polar surface area (TPSA) is 236 Å². The number of amides is 5. The van der Waals surface area contributed by atoms with Gasteiger partial charge in [-0.2, -0.15) is 0 Å². The lowest BCUT2D eigenvalue weighted by Crippen LogP contribution is -2.54. The number of piperidine rings is 1. The van der Waals surface area contributed by atoms with E-state index in [2.05, 4.69) is 30.8 Å². The predicted molar refractivity (Wildman–Crippen MR) is 259 cm³/mol. The minimum atomic E-state index is -1.11. The number of likely N-dealkylation sites (N-methyl/N-ethyl adjacent to an activating group) is 1. The molecule has 3 aliphatic heterocycles. The molecule has 0 bridgehead atoms. The Labute approximate surface area is 406 Å². The van der Waals surface area contributed by atoms with Crippen molar-refractivity contribution in [2.24, 2.45) is 0 Å². The molecule has 2 fully saturated rings. The molecule has 3 aliphatic rings. The number of benzene rings is 3. The molecule has 3 aromatic carbocycles. The summed E-state index contributed by atoms with van der Waals surface area (Å²) in [5.41, 5.74) is 2.68. The normalized spacial score (nSPS) is 16.4. The maximum absolute atomic E-state index is 15.3. The number of aromatic nitrogens is 2. The van der Waals surface area contributed by atoms with E-state index >= 15 is 4.39 Å². The molecule has 1 unspecified atom stereocenters. The zero-order chi connectivity index (χ0) is 49.6. The van der Waals surface area contributed by atoms with E-state index in [-0.39, 0.29) is 59.8 Å². The van der Waals surface area contributed by atoms with E-state index in [1.807, 2.05) is 42.2 Å². The summed E-state index contributed by atoms with van der Waals surface area (Å²) in [5.74, 6) is -2.43. The maximum Gasteiger partial charge on any atom is 0.262 e. The number of ether oxygens (including phenoxy) is 3. The highest BCUT2D eigenvalue weighted by Gasteiger charge is 2.45. The Balaban J connectivity index is 0.706. The molecule has 0 saturated carbocycles. The monoisotopic (exact) mass is 961 g/mol. The molecule has 4 aromatic rings. The van der Waals surface area contributed by atoms with E-state index in [4.69, 9.17) is 25.0 Å². The lowest BCUT2D eigenvalue weighted by Gasteiger charge is -2.36. The van der Waals surface area contributed by atoms with Crippen LogP contribution < -0.4 is 25.6 Å². The smallest absolute Gasteiger partial charge is 0.262 e. The van der Waals surface area contributed by atoms with E-state index in [0.717, 1.165) is 48.0 Å². The Hall–Kier alpha value is -7.16. The van der Waals surface area contributed by atoms with Crippen LogP contribution in [0.2, 0.25) is 0 Å². The Morgan fingerprint density at radius 2 is 1.61 bits per heavy atom. The lowest BCUT2D eigenvalue weighted by molar-refractivity contribution is -0.136. The van der Waals surface area contributed by atoms with Crippen molar-refractivity contribution >= 4 is 52.6 Å². The SMILES string of the molecule is C[C@@H](NC(=O)c1cccc(NCC(=N)N(C)C(=N)c2ccncn2)c1)c1cccc(OCCCCCCOCCOCCN2CCN(c3cc4c(cc3F)C(=O)N(C3CCC(=O)NC3=O)C4=O)CC2)c1. The predicted octanol–water partition coefficient (Wildman–Crippen LogP) is 4.65. The van der Waals surface area contributed by atoms with Gasteiger partial charge < -0.3 is 34.6 Å². The number of carbonyl (C=O) groups is 5. The molecule has 4 heterocycles. The molecule has 1 aromatic heterocycles. The van der Waals surface area contributed by atoms with Gasteiger partial charge in [0.15, 0.2) is 5.84 Å². The number of fused-ring (bicyclic) bond motifs is 1. The molecule has 70 heavy (non-hydrogen) atoms. The summed E-state index contributed by atoms with van der Waals surface area (Å²) in [6.45, 7) is 7.87. The number of piperazine rings is 1. The minimum absolute atomic E-state index is 0.00990. The summed E-state index contributed by atoms with van der Waals surface area (Å²) >= 11 is 0. The van der Waals surface area contributed by atoms with Crippen molar-refractivity contribution in [1.29, 1.82) is 10.8 Å². The summed E-state index contributed by atoms with van der Waals surface area (Å²) < 4.78 is 32.9. The van der Waals surface area contributed by atoms with Gasteiger partial charge in [0.1, 0.15) is 35.5 Å². The van der Waals surface area contributed by atoms with Gasteiger partial charge in [-0.25, -0.2) is 14.4 Å². The number of halogens is 1. The Kier molecular flexibility index (Phi) is 17.7. The number of nitrogens with one attached hydrogen (secondary N) is 5. The third-order valence-corrected chi connectivity index (χ3v) is 12.5. The van der Waals surface area contributed by atoms with Crippen LogP contribution in [0.5, 0.6) is 5.75 Å². The van der Waals surface area contributed by atoms with Crippen LogP contribution in [0.1, 0.15) is 93.8 Å². The Morgan fingerprint density at radius 3 is 2.36 bits per heavy atom. The first-order valence-corrected chi connectivity index (χ1v) is 23.6. The first kappa shape index (κ1) is 50.7. The van der Waals surface area contributed by atoms with Gasteiger partial charge >= 0.3 is 0 Å². The van der Waals surface area contributed by atoms with Crippen LogP contribution in [0, 0.1) is 16.6 Å². The van der Waals surface area contributed by atoms with Crippen LogP contribution in [0.25, 0.3) is 0 Å². The largest absolute Gasteiger partial charge is 0.494 e. The number of unbranched alkanes of at least 4 members (excludes halogenated alkanes) is 3. The molecule has 2 atom stereocenters. The number of hydrogen-bond donors (Lipinski definition) is 5. The van der Waals surface area contributed by atoms with Gasteiger partial charge in [0.25, 0.3) is 17.7 Å². The molecule has 0 aliphatic carbocycles. The quantitative estimate of drug-likeness (QED) is 0.0295. The minimum Gasteiger partial charge on any atom is -0.494 e. The van der Waals surface area contributed by atoms with Crippen molar-refractivity contribution < 1.29 is 42.6 Å². The van der Waals surface area contributed by atoms with Crippen LogP contribution >= 0.6 is 0 Å². The molecule has 5 amide bonds. The molecular weight excluding hydrogens is 902 g/mol. The fraction of sp³-hybridized carbons (Fsp3) is 0.420. The van der Waals surface area contributed by atoms with Crippen LogP contribution in [0.4, 0.5) is 15.8 Å². The molecule has 2 saturated heterocycles. The van der Waals surface area contributed by atoms with E-state index in [1.165, 1.54) is 17.3 Å². The molecule has 20 heteroatoms. The van der Waals surface area contributed by atoms with Crippen molar-refractivity contribution in [3.63, 3.8) is 0 Å². The highest BCUT2D eigenvalue weighted by Crippen LogP contribution is 2.33. The highest BCUT2D eigenvalue weighted by atomic mass is 19.1. The molecular formula is C50H60FN11O8. The average Bonchev–Trinajstić information content (AvgIpc) is 3.61. The van der Waals surface area contributed by atoms with Gasteiger partial charge in [-0.3, -0.25) is 49.9 Å². The second-order valence-electron chi connectivity index (χ2n) is 17.3. The number of carbonyl (C=O) groups excluding carboxylic acids is 5. The van der Waals surface area contributed by atoms with Crippen LogP contribution in [-0.2, 0) is 19.1 Å². The van der Waals surface area contributed by atoms with E-state index in [0.29, 0.717) is 82.7 Å². The molecule has 7 rings (SSSR count). The van der Waals surface area contributed by atoms with Crippen molar-refractivity contribution in [2.45, 2.75) is 57.5 Å². The second-order valence-corrected chi connectivity index (χ2v) is 17.3. The summed E-state index contributed by atoms with van der Waals surface area (Å²) in [6.07, 6.45) is 6.78. The lowest BCUT2D eigenvalue weighted by atomic mass is 10.0. The van der Waals surface area contributed by atoms with Gasteiger partial charge in [-0.15, -0.1) is 0 Å². The summed E-state index contributed by atoms with van der Waals surface area (Å²) in [7, 11) is 1.63. The molecule has 370 valence electrons. The summed E-state index contributed by atoms with van der Waals surface area (Å²) in [5, 5.41) is 25.1. The first-order chi connectivity index (χ1) is 33.9. The molecule has 19 nitrogen and oxygen atoms in total. The van der Waals surface area contributed by atoms with Crippen molar-refractivity contribution in [3.8, 4) is 5.75 Å². The number of amidine groups is 2. The Bertz CT molecular complexity index is 2540. The van der Waals surface area contributed by atoms with Gasteiger partial charge in [0.2, 0.25) is 11.8 Å². The molecule has 5 N–H and O–H groups in total. The summed E-state index contributed by atoms with van der Waals surface area (Å²) in [4.78, 5) is 77.8. The number of nitrogens with zero attached hydrogens (tertiary/aromatic N) is 6. The maximum atomic E-state index is 15.3. The van der Waals surface area contributed by atoms with Crippen LogP contribution in [-0.4, -0.2) is 151 Å².